The van der Waals surface area contributed by atoms with Crippen LogP contribution in [0.4, 0.5) is 4.39 Å². The van der Waals surface area contributed by atoms with Crippen molar-refractivity contribution in [1.29, 1.82) is 0 Å². The molecule has 0 fully saturated rings. The summed E-state index contributed by atoms with van der Waals surface area (Å²) in [5.74, 6) is 0.652. The van der Waals surface area contributed by atoms with E-state index in [2.05, 4.69) is 9.55 Å². The first-order valence-corrected chi connectivity index (χ1v) is 7.60. The maximum Gasteiger partial charge on any atom is 0.133 e. The normalized spacial score (nSPS) is 14.0. The first-order valence-electron chi connectivity index (χ1n) is 7.19. The number of imidazole rings is 1. The lowest BCUT2D eigenvalue weighted by molar-refractivity contribution is 0.616. The highest BCUT2D eigenvalue weighted by atomic mass is 32.1. The minimum atomic E-state index is -0.365. The number of rotatable bonds is 3. The number of aryl methyl sites for hydroxylation is 2. The highest BCUT2D eigenvalue weighted by Crippen LogP contribution is 2.23. The van der Waals surface area contributed by atoms with Crippen LogP contribution in [0, 0.1) is 12.7 Å². The van der Waals surface area contributed by atoms with E-state index in [1.165, 1.54) is 30.3 Å². The van der Waals surface area contributed by atoms with Gasteiger partial charge in [0.15, 0.2) is 0 Å². The van der Waals surface area contributed by atoms with Crippen molar-refractivity contribution in [3.8, 4) is 0 Å². The van der Waals surface area contributed by atoms with Gasteiger partial charge >= 0.3 is 0 Å². The van der Waals surface area contributed by atoms with Crippen LogP contribution in [0.15, 0.2) is 18.2 Å². The van der Waals surface area contributed by atoms with Crippen LogP contribution in [0.3, 0.4) is 0 Å². The quantitative estimate of drug-likeness (QED) is 0.887. The van der Waals surface area contributed by atoms with Crippen molar-refractivity contribution >= 4 is 17.2 Å². The molecule has 3 rings (SSSR count). The Balaban J connectivity index is 1.96. The lowest BCUT2D eigenvalue weighted by Crippen LogP contribution is -2.14. The molecule has 5 heteroatoms. The van der Waals surface area contributed by atoms with Gasteiger partial charge in [-0.15, -0.1) is 0 Å². The highest BCUT2D eigenvalue weighted by Gasteiger charge is 2.18. The summed E-state index contributed by atoms with van der Waals surface area (Å²) < 4.78 is 15.9. The Morgan fingerprint density at radius 2 is 2.14 bits per heavy atom. The number of hydrogen-bond acceptors (Lipinski definition) is 2. The Labute approximate surface area is 129 Å². The van der Waals surface area contributed by atoms with E-state index < -0.39 is 0 Å². The van der Waals surface area contributed by atoms with Crippen molar-refractivity contribution in [3.05, 3.63) is 52.4 Å². The van der Waals surface area contributed by atoms with Gasteiger partial charge < -0.3 is 10.3 Å². The third-order valence-electron chi connectivity index (χ3n) is 4.06. The summed E-state index contributed by atoms with van der Waals surface area (Å²) in [7, 11) is 0. The van der Waals surface area contributed by atoms with Crippen molar-refractivity contribution in [2.45, 2.75) is 39.2 Å². The molecule has 0 radical (unpaired) electrons. The predicted molar refractivity (Wildman–Crippen MR) is 85.0 cm³/mol. The maximum absolute atomic E-state index is 13.7. The second kappa shape index (κ2) is 5.56. The largest absolute Gasteiger partial charge is 0.389 e. The minimum Gasteiger partial charge on any atom is -0.389 e. The van der Waals surface area contributed by atoms with Crippen molar-refractivity contribution < 1.29 is 4.39 Å². The molecule has 0 aliphatic heterocycles. The summed E-state index contributed by atoms with van der Waals surface area (Å²) in [5.41, 5.74) is 9.41. The molecule has 0 saturated carbocycles. The Morgan fingerprint density at radius 3 is 2.90 bits per heavy atom. The molecule has 0 unspecified atom stereocenters. The third-order valence-corrected chi connectivity index (χ3v) is 4.28. The summed E-state index contributed by atoms with van der Waals surface area (Å²) in [5, 5.41) is 0. The fourth-order valence-corrected chi connectivity index (χ4v) is 3.14. The van der Waals surface area contributed by atoms with E-state index in [4.69, 9.17) is 18.0 Å². The van der Waals surface area contributed by atoms with Gasteiger partial charge in [0, 0.05) is 17.8 Å². The lowest BCUT2D eigenvalue weighted by atomic mass is 10.0. The van der Waals surface area contributed by atoms with Crippen molar-refractivity contribution in [1.82, 2.24) is 9.55 Å². The van der Waals surface area contributed by atoms with E-state index in [1.807, 2.05) is 6.92 Å². The fraction of sp³-hybridized carbons (Fsp3) is 0.375. The summed E-state index contributed by atoms with van der Waals surface area (Å²) in [4.78, 5) is 4.76. The van der Waals surface area contributed by atoms with Crippen LogP contribution in [0.1, 0.15) is 41.2 Å². The number of nitrogens with zero attached hydrogens (tertiary/aromatic N) is 2. The summed E-state index contributed by atoms with van der Waals surface area (Å²) in [6, 6.07) is 4.96. The Kier molecular flexibility index (Phi) is 3.76. The minimum absolute atomic E-state index is 0.0960. The van der Waals surface area contributed by atoms with E-state index >= 15 is 0 Å². The molecule has 2 aromatic rings. The monoisotopic (exact) mass is 303 g/mol. The maximum atomic E-state index is 13.7. The second-order valence-corrected chi connectivity index (χ2v) is 5.96. The Bertz CT molecular complexity index is 706. The van der Waals surface area contributed by atoms with Crippen LogP contribution >= 0.6 is 12.2 Å². The van der Waals surface area contributed by atoms with Gasteiger partial charge in [-0.05, 0) is 50.3 Å². The van der Waals surface area contributed by atoms with E-state index in [9.17, 15) is 4.39 Å². The molecule has 0 saturated heterocycles. The third kappa shape index (κ3) is 2.70. The average molecular weight is 303 g/mol. The van der Waals surface area contributed by atoms with Crippen LogP contribution in [0.5, 0.6) is 0 Å². The topological polar surface area (TPSA) is 43.8 Å². The molecule has 1 aliphatic rings. The number of benzene rings is 1. The van der Waals surface area contributed by atoms with Crippen LogP contribution in [0.2, 0.25) is 0 Å². The number of halogens is 1. The Hall–Kier alpha value is -1.75. The molecule has 0 atom stereocenters. The first-order chi connectivity index (χ1) is 10.1. The van der Waals surface area contributed by atoms with Gasteiger partial charge in [0.2, 0.25) is 0 Å². The van der Waals surface area contributed by atoms with E-state index in [1.54, 1.807) is 12.1 Å². The van der Waals surface area contributed by atoms with Crippen LogP contribution in [0.25, 0.3) is 0 Å². The average Bonchev–Trinajstić information content (AvgIpc) is 2.77. The molecule has 2 N–H and O–H groups in total. The first kappa shape index (κ1) is 14.2. The zero-order valence-corrected chi connectivity index (χ0v) is 12.8. The SMILES string of the molecule is Cc1nc2c(n1Cc1ccc(F)c(C(N)=S)c1)CCCC2. The fourth-order valence-electron chi connectivity index (χ4n) is 2.99. The summed E-state index contributed by atoms with van der Waals surface area (Å²) in [6.07, 6.45) is 4.55. The van der Waals surface area contributed by atoms with Crippen molar-refractivity contribution in [2.75, 3.05) is 0 Å². The molecule has 1 heterocycles. The zero-order chi connectivity index (χ0) is 15.0. The molecule has 1 aromatic carbocycles. The second-order valence-electron chi connectivity index (χ2n) is 5.52. The van der Waals surface area contributed by atoms with E-state index in [0.717, 1.165) is 24.2 Å². The summed E-state index contributed by atoms with van der Waals surface area (Å²) >= 11 is 4.90. The van der Waals surface area contributed by atoms with Crippen molar-refractivity contribution in [2.24, 2.45) is 5.73 Å². The molecular formula is C16H18FN3S. The van der Waals surface area contributed by atoms with E-state index in [0.29, 0.717) is 12.1 Å². The number of thiocarbonyl (C=S) groups is 1. The van der Waals surface area contributed by atoms with Crippen LogP contribution < -0.4 is 5.73 Å². The smallest absolute Gasteiger partial charge is 0.133 e. The Morgan fingerprint density at radius 1 is 1.38 bits per heavy atom. The number of hydrogen-bond donors (Lipinski definition) is 1. The zero-order valence-electron chi connectivity index (χ0n) is 12.0. The number of aromatic nitrogens is 2. The van der Waals surface area contributed by atoms with Gasteiger partial charge in [-0.1, -0.05) is 18.3 Å². The predicted octanol–water partition coefficient (Wildman–Crippen LogP) is 2.89. The number of nitrogens with two attached hydrogens (primary N) is 1. The van der Waals surface area contributed by atoms with Gasteiger partial charge in [0.1, 0.15) is 16.6 Å². The van der Waals surface area contributed by atoms with Gasteiger partial charge in [-0.2, -0.15) is 0 Å². The van der Waals surface area contributed by atoms with Crippen molar-refractivity contribution in [3.63, 3.8) is 0 Å². The van der Waals surface area contributed by atoms with Crippen LogP contribution in [-0.4, -0.2) is 14.5 Å². The summed E-state index contributed by atoms with van der Waals surface area (Å²) in [6.45, 7) is 2.71. The molecule has 3 nitrogen and oxygen atoms in total. The molecule has 0 bridgehead atoms. The van der Waals surface area contributed by atoms with Gasteiger partial charge in [-0.25, -0.2) is 9.37 Å². The lowest BCUT2D eigenvalue weighted by Gasteiger charge is -2.15. The molecule has 0 spiro atoms. The molecule has 0 amide bonds. The molecule has 21 heavy (non-hydrogen) atoms. The molecular weight excluding hydrogens is 285 g/mol. The van der Waals surface area contributed by atoms with E-state index in [-0.39, 0.29) is 10.8 Å². The molecule has 1 aromatic heterocycles. The van der Waals surface area contributed by atoms with Gasteiger partial charge in [0.25, 0.3) is 0 Å². The number of fused-ring (bicyclic) bond motifs is 1. The molecule has 1 aliphatic carbocycles. The highest BCUT2D eigenvalue weighted by molar-refractivity contribution is 7.80. The van der Waals surface area contributed by atoms with Crippen LogP contribution in [-0.2, 0) is 19.4 Å². The molecule has 110 valence electrons. The van der Waals surface area contributed by atoms with Gasteiger partial charge in [-0.3, -0.25) is 0 Å². The van der Waals surface area contributed by atoms with Gasteiger partial charge in [0.05, 0.1) is 5.69 Å². The standard InChI is InChI=1S/C16H18FN3S/c1-10-19-14-4-2-3-5-15(14)20(10)9-11-6-7-13(17)12(8-11)16(18)21/h6-8H,2-5,9H2,1H3,(H2,18,21).